The molecule has 0 N–H and O–H groups in total. The highest BCUT2D eigenvalue weighted by Crippen LogP contribution is 2.32. The lowest BCUT2D eigenvalue weighted by Crippen LogP contribution is -2.30. The van der Waals surface area contributed by atoms with E-state index in [0.717, 1.165) is 20.7 Å². The topological polar surface area (TPSA) is 80.2 Å². The number of benzene rings is 2. The average molecular weight is 498 g/mol. The number of aromatic nitrogens is 2. The van der Waals surface area contributed by atoms with Crippen LogP contribution in [0.5, 0.6) is 0 Å². The molecule has 33 heavy (non-hydrogen) atoms. The standard InChI is InChI=1S/C24H23N3O3S3/c1-31-19-11-12-21-22(15-19)32-24(26-21)27(17-18-7-5-13-25-16-18)23(28)10-6-14-33(29,30)20-8-3-2-4-9-20/h2-5,7-9,11-13,15-16H,6,10,14,17H2,1H3. The first kappa shape index (κ1) is 23.4. The fourth-order valence-electron chi connectivity index (χ4n) is 3.37. The van der Waals surface area contributed by atoms with Crippen molar-refractivity contribution >= 4 is 54.2 Å². The normalized spacial score (nSPS) is 11.5. The molecule has 0 atom stereocenters. The molecule has 2 heterocycles. The summed E-state index contributed by atoms with van der Waals surface area (Å²) in [5.41, 5.74) is 1.72. The molecule has 9 heteroatoms. The second-order valence-electron chi connectivity index (χ2n) is 7.41. The lowest BCUT2D eigenvalue weighted by molar-refractivity contribution is -0.118. The van der Waals surface area contributed by atoms with Crippen molar-refractivity contribution in [3.05, 3.63) is 78.6 Å². The Morgan fingerprint density at radius 2 is 1.91 bits per heavy atom. The molecule has 0 fully saturated rings. The number of carbonyl (C=O) groups excluding carboxylic acids is 1. The number of nitrogens with zero attached hydrogens (tertiary/aromatic N) is 3. The third-order valence-electron chi connectivity index (χ3n) is 5.09. The maximum Gasteiger partial charge on any atom is 0.229 e. The van der Waals surface area contributed by atoms with Gasteiger partial charge in [-0.1, -0.05) is 35.6 Å². The zero-order chi connectivity index (χ0) is 23.3. The van der Waals surface area contributed by atoms with Crippen LogP contribution in [0.1, 0.15) is 18.4 Å². The maximum absolute atomic E-state index is 13.2. The van der Waals surface area contributed by atoms with E-state index in [4.69, 9.17) is 0 Å². The van der Waals surface area contributed by atoms with Gasteiger partial charge in [-0.3, -0.25) is 14.7 Å². The van der Waals surface area contributed by atoms with E-state index in [1.165, 1.54) is 11.3 Å². The molecule has 0 saturated carbocycles. The van der Waals surface area contributed by atoms with Crippen LogP contribution in [-0.2, 0) is 21.2 Å². The molecule has 0 saturated heterocycles. The lowest BCUT2D eigenvalue weighted by Gasteiger charge is -2.20. The number of hydrogen-bond acceptors (Lipinski definition) is 7. The van der Waals surface area contributed by atoms with Gasteiger partial charge in [0.05, 0.1) is 27.4 Å². The van der Waals surface area contributed by atoms with Crippen molar-refractivity contribution in [3.63, 3.8) is 0 Å². The zero-order valence-electron chi connectivity index (χ0n) is 18.0. The number of pyridine rings is 1. The van der Waals surface area contributed by atoms with Gasteiger partial charge < -0.3 is 0 Å². The van der Waals surface area contributed by atoms with Gasteiger partial charge >= 0.3 is 0 Å². The summed E-state index contributed by atoms with van der Waals surface area (Å²) in [6.45, 7) is 0.327. The second kappa shape index (κ2) is 10.5. The number of hydrogen-bond donors (Lipinski definition) is 0. The maximum atomic E-state index is 13.2. The number of carbonyl (C=O) groups is 1. The Labute approximate surface area is 201 Å². The van der Waals surface area contributed by atoms with Gasteiger partial charge in [0.15, 0.2) is 15.0 Å². The molecule has 170 valence electrons. The van der Waals surface area contributed by atoms with Crippen LogP contribution >= 0.6 is 23.1 Å². The molecule has 0 unspecified atom stereocenters. The van der Waals surface area contributed by atoms with Crippen molar-refractivity contribution in [2.75, 3.05) is 16.9 Å². The first-order chi connectivity index (χ1) is 16.0. The van der Waals surface area contributed by atoms with E-state index in [-0.39, 0.29) is 29.4 Å². The number of amides is 1. The van der Waals surface area contributed by atoms with E-state index in [1.54, 1.807) is 59.4 Å². The SMILES string of the molecule is CSc1ccc2nc(N(Cc3cccnc3)C(=O)CCCS(=O)(=O)c3ccccc3)sc2c1. The van der Waals surface area contributed by atoms with Crippen molar-refractivity contribution in [1.82, 2.24) is 9.97 Å². The Morgan fingerprint density at radius 3 is 2.64 bits per heavy atom. The highest BCUT2D eigenvalue weighted by Gasteiger charge is 2.22. The molecule has 0 aliphatic carbocycles. The van der Waals surface area contributed by atoms with Crippen molar-refractivity contribution in [1.29, 1.82) is 0 Å². The second-order valence-corrected chi connectivity index (χ2v) is 11.4. The third kappa shape index (κ3) is 5.79. The highest BCUT2D eigenvalue weighted by atomic mass is 32.2. The highest BCUT2D eigenvalue weighted by molar-refractivity contribution is 7.98. The van der Waals surface area contributed by atoms with E-state index in [9.17, 15) is 13.2 Å². The van der Waals surface area contributed by atoms with Gasteiger partial charge in [-0.2, -0.15) is 0 Å². The van der Waals surface area contributed by atoms with Gasteiger partial charge in [-0.25, -0.2) is 13.4 Å². The van der Waals surface area contributed by atoms with Gasteiger partial charge in [0.1, 0.15) is 0 Å². The minimum atomic E-state index is -3.43. The fourth-order valence-corrected chi connectivity index (χ4v) is 6.23. The molecular formula is C24H23N3O3S3. The molecule has 2 aromatic carbocycles. The van der Waals surface area contributed by atoms with Crippen molar-refractivity contribution in [3.8, 4) is 0 Å². The Kier molecular flexibility index (Phi) is 7.42. The van der Waals surface area contributed by atoms with Gasteiger partial charge in [-0.05, 0) is 54.6 Å². The van der Waals surface area contributed by atoms with E-state index >= 15 is 0 Å². The number of anilines is 1. The third-order valence-corrected chi connectivity index (χ3v) is 8.67. The van der Waals surface area contributed by atoms with Crippen molar-refractivity contribution in [2.45, 2.75) is 29.2 Å². The Balaban J connectivity index is 1.54. The number of thioether (sulfide) groups is 1. The van der Waals surface area contributed by atoms with Crippen LogP contribution in [-0.4, -0.2) is 36.3 Å². The number of rotatable bonds is 9. The smallest absolute Gasteiger partial charge is 0.229 e. The summed E-state index contributed by atoms with van der Waals surface area (Å²) in [6.07, 6.45) is 5.77. The van der Waals surface area contributed by atoms with Crippen LogP contribution in [0.4, 0.5) is 5.13 Å². The quantitative estimate of drug-likeness (QED) is 0.296. The molecule has 6 nitrogen and oxygen atoms in total. The summed E-state index contributed by atoms with van der Waals surface area (Å²) in [4.78, 5) is 25.1. The Bertz CT molecular complexity index is 1340. The van der Waals surface area contributed by atoms with Crippen LogP contribution in [0.15, 0.2) is 82.8 Å². The van der Waals surface area contributed by atoms with Crippen molar-refractivity contribution < 1.29 is 13.2 Å². The largest absolute Gasteiger partial charge is 0.284 e. The van der Waals surface area contributed by atoms with E-state index in [2.05, 4.69) is 16.0 Å². The molecule has 0 aliphatic rings. The lowest BCUT2D eigenvalue weighted by atomic mass is 10.2. The molecule has 0 radical (unpaired) electrons. The van der Waals surface area contributed by atoms with Gasteiger partial charge in [0, 0.05) is 23.7 Å². The summed E-state index contributed by atoms with van der Waals surface area (Å²) in [6, 6.07) is 18.1. The molecule has 1 amide bonds. The summed E-state index contributed by atoms with van der Waals surface area (Å²) in [7, 11) is -3.43. The molecule has 0 aliphatic heterocycles. The summed E-state index contributed by atoms with van der Waals surface area (Å²) >= 11 is 3.12. The molecule has 0 spiro atoms. The van der Waals surface area contributed by atoms with E-state index < -0.39 is 9.84 Å². The number of thiazole rings is 1. The average Bonchev–Trinajstić information content (AvgIpc) is 3.26. The van der Waals surface area contributed by atoms with Crippen LogP contribution in [0.25, 0.3) is 10.2 Å². The Morgan fingerprint density at radius 1 is 1.09 bits per heavy atom. The first-order valence-corrected chi connectivity index (χ1v) is 14.1. The summed E-state index contributed by atoms with van der Waals surface area (Å²) in [5.74, 6) is -0.244. The fraction of sp³-hybridized carbons (Fsp3) is 0.208. The van der Waals surface area contributed by atoms with Crippen LogP contribution in [0.2, 0.25) is 0 Å². The predicted molar refractivity (Wildman–Crippen MR) is 135 cm³/mol. The number of sulfone groups is 1. The van der Waals surface area contributed by atoms with Gasteiger partial charge in [0.2, 0.25) is 5.91 Å². The van der Waals surface area contributed by atoms with E-state index in [0.29, 0.717) is 11.7 Å². The summed E-state index contributed by atoms with van der Waals surface area (Å²) < 4.78 is 26.2. The van der Waals surface area contributed by atoms with Crippen molar-refractivity contribution in [2.24, 2.45) is 0 Å². The van der Waals surface area contributed by atoms with Gasteiger partial charge in [0.25, 0.3) is 0 Å². The molecule has 0 bridgehead atoms. The number of fused-ring (bicyclic) bond motifs is 1. The van der Waals surface area contributed by atoms with Crippen LogP contribution in [0, 0.1) is 0 Å². The Hall–Kier alpha value is -2.75. The monoisotopic (exact) mass is 497 g/mol. The van der Waals surface area contributed by atoms with E-state index in [1.807, 2.05) is 30.5 Å². The van der Waals surface area contributed by atoms with Crippen LogP contribution in [0.3, 0.4) is 0 Å². The minimum absolute atomic E-state index is 0.0829. The zero-order valence-corrected chi connectivity index (χ0v) is 20.5. The summed E-state index contributed by atoms with van der Waals surface area (Å²) in [5, 5.41) is 0.600. The van der Waals surface area contributed by atoms with Gasteiger partial charge in [-0.15, -0.1) is 11.8 Å². The predicted octanol–water partition coefficient (Wildman–Crippen LogP) is 5.20. The molecular weight excluding hydrogens is 474 g/mol. The van der Waals surface area contributed by atoms with Crippen LogP contribution < -0.4 is 4.90 Å². The minimum Gasteiger partial charge on any atom is -0.284 e. The molecule has 4 aromatic rings. The first-order valence-electron chi connectivity index (χ1n) is 10.4. The molecule has 2 aromatic heterocycles. The molecule has 4 rings (SSSR count).